The van der Waals surface area contributed by atoms with Gasteiger partial charge in [-0.05, 0) is 44.4 Å². The second-order valence-corrected chi connectivity index (χ2v) is 5.76. The molecular formula is C13H27Cl2N3O. The SMILES string of the molecule is CC1CCC(C(=O)NN2CCC(N)CC2)CC1.Cl.Cl. The Labute approximate surface area is 128 Å². The van der Waals surface area contributed by atoms with E-state index in [1.54, 1.807) is 0 Å². The quantitative estimate of drug-likeness (QED) is 0.821. The number of carbonyl (C=O) groups excluding carboxylic acids is 1. The van der Waals surface area contributed by atoms with Gasteiger partial charge in [-0.1, -0.05) is 6.92 Å². The van der Waals surface area contributed by atoms with Crippen molar-refractivity contribution in [2.24, 2.45) is 17.6 Å². The smallest absolute Gasteiger partial charge is 0.237 e. The molecule has 1 amide bonds. The molecule has 0 bridgehead atoms. The number of amides is 1. The molecule has 6 heteroatoms. The highest BCUT2D eigenvalue weighted by molar-refractivity contribution is 5.85. The fourth-order valence-corrected chi connectivity index (χ4v) is 2.78. The van der Waals surface area contributed by atoms with Gasteiger partial charge in [0, 0.05) is 25.0 Å². The van der Waals surface area contributed by atoms with Crippen molar-refractivity contribution >= 4 is 30.7 Å². The average molecular weight is 312 g/mol. The molecule has 0 atom stereocenters. The Bertz CT molecular complexity index is 263. The molecule has 1 saturated carbocycles. The maximum absolute atomic E-state index is 12.1. The molecule has 1 saturated heterocycles. The number of nitrogens with zero attached hydrogens (tertiary/aromatic N) is 1. The fourth-order valence-electron chi connectivity index (χ4n) is 2.78. The Kier molecular flexibility index (Phi) is 8.99. The monoisotopic (exact) mass is 311 g/mol. The Morgan fingerprint density at radius 3 is 2.11 bits per heavy atom. The van der Waals surface area contributed by atoms with Crippen molar-refractivity contribution in [2.75, 3.05) is 13.1 Å². The van der Waals surface area contributed by atoms with Crippen LogP contribution in [0.25, 0.3) is 0 Å². The molecule has 0 aromatic rings. The summed E-state index contributed by atoms with van der Waals surface area (Å²) in [5.74, 6) is 1.27. The van der Waals surface area contributed by atoms with E-state index in [1.165, 1.54) is 12.8 Å². The molecule has 0 aromatic carbocycles. The van der Waals surface area contributed by atoms with Crippen LogP contribution < -0.4 is 11.2 Å². The number of rotatable bonds is 2. The van der Waals surface area contributed by atoms with E-state index in [0.29, 0.717) is 6.04 Å². The highest BCUT2D eigenvalue weighted by Gasteiger charge is 2.26. The van der Waals surface area contributed by atoms with Crippen molar-refractivity contribution in [2.45, 2.75) is 51.5 Å². The molecule has 1 aliphatic heterocycles. The maximum atomic E-state index is 12.1. The standard InChI is InChI=1S/C13H25N3O.2ClH/c1-10-2-4-11(5-3-10)13(17)15-16-8-6-12(14)7-9-16;;/h10-12H,2-9,14H2,1H3,(H,15,17);2*1H. The van der Waals surface area contributed by atoms with Gasteiger partial charge >= 0.3 is 0 Å². The van der Waals surface area contributed by atoms with Crippen LogP contribution in [0.3, 0.4) is 0 Å². The summed E-state index contributed by atoms with van der Waals surface area (Å²) < 4.78 is 0. The van der Waals surface area contributed by atoms with E-state index in [9.17, 15) is 4.79 Å². The van der Waals surface area contributed by atoms with Crippen LogP contribution in [-0.2, 0) is 4.79 Å². The van der Waals surface area contributed by atoms with Gasteiger partial charge in [0.1, 0.15) is 0 Å². The zero-order chi connectivity index (χ0) is 12.3. The maximum Gasteiger partial charge on any atom is 0.237 e. The first-order valence-corrected chi connectivity index (χ1v) is 6.96. The largest absolute Gasteiger partial charge is 0.328 e. The summed E-state index contributed by atoms with van der Waals surface area (Å²) in [6.45, 7) is 4.08. The van der Waals surface area contributed by atoms with Crippen molar-refractivity contribution in [3.63, 3.8) is 0 Å². The van der Waals surface area contributed by atoms with Gasteiger partial charge in [-0.3, -0.25) is 10.2 Å². The number of hydrogen-bond acceptors (Lipinski definition) is 3. The van der Waals surface area contributed by atoms with Crippen molar-refractivity contribution in [3.05, 3.63) is 0 Å². The topological polar surface area (TPSA) is 58.4 Å². The Morgan fingerprint density at radius 2 is 1.58 bits per heavy atom. The van der Waals surface area contributed by atoms with Crippen LogP contribution in [0.4, 0.5) is 0 Å². The minimum atomic E-state index is 0. The summed E-state index contributed by atoms with van der Waals surface area (Å²) in [6.07, 6.45) is 6.48. The van der Waals surface area contributed by atoms with Crippen molar-refractivity contribution in [1.82, 2.24) is 10.4 Å². The third kappa shape index (κ3) is 5.86. The molecule has 3 N–H and O–H groups in total. The van der Waals surface area contributed by atoms with E-state index in [-0.39, 0.29) is 36.6 Å². The minimum Gasteiger partial charge on any atom is -0.328 e. The van der Waals surface area contributed by atoms with Crippen molar-refractivity contribution in [3.8, 4) is 0 Å². The zero-order valence-corrected chi connectivity index (χ0v) is 13.3. The molecule has 2 rings (SSSR count). The molecule has 0 spiro atoms. The molecule has 19 heavy (non-hydrogen) atoms. The first-order chi connectivity index (χ1) is 8.15. The van der Waals surface area contributed by atoms with Crippen LogP contribution in [0, 0.1) is 11.8 Å². The number of nitrogens with two attached hydrogens (primary N) is 1. The van der Waals surface area contributed by atoms with E-state index in [0.717, 1.165) is 44.7 Å². The molecule has 0 aromatic heterocycles. The number of hydrogen-bond donors (Lipinski definition) is 2. The van der Waals surface area contributed by atoms with Gasteiger partial charge in [-0.25, -0.2) is 5.01 Å². The summed E-state index contributed by atoms with van der Waals surface area (Å²) >= 11 is 0. The number of nitrogens with one attached hydrogen (secondary N) is 1. The Morgan fingerprint density at radius 1 is 1.05 bits per heavy atom. The summed E-state index contributed by atoms with van der Waals surface area (Å²) in [5.41, 5.74) is 8.91. The molecule has 0 radical (unpaired) electrons. The zero-order valence-electron chi connectivity index (χ0n) is 11.6. The van der Waals surface area contributed by atoms with Gasteiger partial charge in [0.25, 0.3) is 0 Å². The normalized spacial score (nSPS) is 28.9. The van der Waals surface area contributed by atoms with E-state index in [2.05, 4.69) is 12.3 Å². The number of hydrazine groups is 1. The summed E-state index contributed by atoms with van der Waals surface area (Å²) in [7, 11) is 0. The lowest BCUT2D eigenvalue weighted by molar-refractivity contribution is -0.131. The molecule has 0 unspecified atom stereocenters. The predicted octanol–water partition coefficient (Wildman–Crippen LogP) is 2.11. The lowest BCUT2D eigenvalue weighted by Crippen LogP contribution is -2.51. The van der Waals surface area contributed by atoms with Crippen molar-refractivity contribution < 1.29 is 4.79 Å². The Balaban J connectivity index is 0.00000162. The van der Waals surface area contributed by atoms with Gasteiger partial charge in [-0.2, -0.15) is 0 Å². The lowest BCUT2D eigenvalue weighted by atomic mass is 9.83. The first kappa shape index (κ1) is 19.0. The molecule has 2 fully saturated rings. The third-order valence-corrected chi connectivity index (χ3v) is 4.19. The lowest BCUT2D eigenvalue weighted by Gasteiger charge is -2.32. The molecular weight excluding hydrogens is 285 g/mol. The number of piperidine rings is 1. The van der Waals surface area contributed by atoms with Crippen LogP contribution in [0.2, 0.25) is 0 Å². The van der Waals surface area contributed by atoms with Crippen LogP contribution in [0.5, 0.6) is 0 Å². The van der Waals surface area contributed by atoms with Crippen LogP contribution in [0.15, 0.2) is 0 Å². The highest BCUT2D eigenvalue weighted by Crippen LogP contribution is 2.28. The second kappa shape index (κ2) is 9.01. The molecule has 1 aliphatic carbocycles. The van der Waals surface area contributed by atoms with E-state index < -0.39 is 0 Å². The van der Waals surface area contributed by atoms with Crippen LogP contribution >= 0.6 is 24.8 Å². The molecule has 4 nitrogen and oxygen atoms in total. The third-order valence-electron chi connectivity index (χ3n) is 4.19. The molecule has 1 heterocycles. The van der Waals surface area contributed by atoms with E-state index >= 15 is 0 Å². The van der Waals surface area contributed by atoms with Gasteiger partial charge in [0.15, 0.2) is 0 Å². The summed E-state index contributed by atoms with van der Waals surface area (Å²) in [5, 5.41) is 2.05. The van der Waals surface area contributed by atoms with Gasteiger partial charge in [0.05, 0.1) is 0 Å². The van der Waals surface area contributed by atoms with Crippen LogP contribution in [-0.4, -0.2) is 30.0 Å². The average Bonchev–Trinajstić information content (AvgIpc) is 2.33. The minimum absolute atomic E-state index is 0. The second-order valence-electron chi connectivity index (χ2n) is 5.76. The van der Waals surface area contributed by atoms with E-state index in [4.69, 9.17) is 5.73 Å². The van der Waals surface area contributed by atoms with E-state index in [1.807, 2.05) is 5.01 Å². The number of carbonyl (C=O) groups is 1. The Hall–Kier alpha value is -0.0300. The van der Waals surface area contributed by atoms with Crippen molar-refractivity contribution in [1.29, 1.82) is 0 Å². The van der Waals surface area contributed by atoms with Crippen LogP contribution in [0.1, 0.15) is 45.4 Å². The number of halogens is 2. The van der Waals surface area contributed by atoms with Gasteiger partial charge in [-0.15, -0.1) is 24.8 Å². The summed E-state index contributed by atoms with van der Waals surface area (Å²) in [6, 6.07) is 0.318. The van der Waals surface area contributed by atoms with Gasteiger partial charge < -0.3 is 5.73 Å². The predicted molar refractivity (Wildman–Crippen MR) is 82.5 cm³/mol. The molecule has 114 valence electrons. The van der Waals surface area contributed by atoms with Gasteiger partial charge in [0.2, 0.25) is 5.91 Å². The highest BCUT2D eigenvalue weighted by atomic mass is 35.5. The summed E-state index contributed by atoms with van der Waals surface area (Å²) in [4.78, 5) is 12.1. The fraction of sp³-hybridized carbons (Fsp3) is 0.923. The molecule has 2 aliphatic rings. The first-order valence-electron chi connectivity index (χ1n) is 6.96.